The van der Waals surface area contributed by atoms with Gasteiger partial charge < -0.3 is 5.73 Å². The standard InChI is InChI=1S/C9H10BrNO/c10-8(6-11)9(12)7-4-2-1-3-5-7/h1-5,8H,6,11H2. The maximum atomic E-state index is 11.4. The van der Waals surface area contributed by atoms with Crippen molar-refractivity contribution in [3.63, 3.8) is 0 Å². The zero-order valence-electron chi connectivity index (χ0n) is 6.53. The van der Waals surface area contributed by atoms with Crippen molar-refractivity contribution in [2.45, 2.75) is 4.83 Å². The molecule has 2 nitrogen and oxygen atoms in total. The van der Waals surface area contributed by atoms with Crippen LogP contribution < -0.4 is 5.73 Å². The molecule has 3 heteroatoms. The Labute approximate surface area is 79.9 Å². The first-order valence-electron chi connectivity index (χ1n) is 3.69. The number of hydrogen-bond donors (Lipinski definition) is 1. The Morgan fingerprint density at radius 3 is 2.50 bits per heavy atom. The molecule has 64 valence electrons. The number of ketones is 1. The Balaban J connectivity index is 2.79. The van der Waals surface area contributed by atoms with Gasteiger partial charge in [-0.1, -0.05) is 46.3 Å². The molecule has 0 bridgehead atoms. The number of alkyl halides is 1. The third-order valence-corrected chi connectivity index (χ3v) is 2.34. The summed E-state index contributed by atoms with van der Waals surface area (Å²) >= 11 is 3.20. The van der Waals surface area contributed by atoms with Crippen molar-refractivity contribution in [1.82, 2.24) is 0 Å². The molecule has 0 aromatic heterocycles. The lowest BCUT2D eigenvalue weighted by atomic mass is 10.1. The number of benzene rings is 1. The summed E-state index contributed by atoms with van der Waals surface area (Å²) in [4.78, 5) is 11.2. The summed E-state index contributed by atoms with van der Waals surface area (Å²) in [6.07, 6.45) is 0. The summed E-state index contributed by atoms with van der Waals surface area (Å²) in [5.41, 5.74) is 6.04. The Hall–Kier alpha value is -0.670. The molecule has 1 rings (SSSR count). The first-order valence-corrected chi connectivity index (χ1v) is 4.60. The molecule has 1 unspecified atom stereocenters. The van der Waals surface area contributed by atoms with Crippen LogP contribution in [0.15, 0.2) is 30.3 Å². The van der Waals surface area contributed by atoms with Gasteiger partial charge in [0, 0.05) is 12.1 Å². The second-order valence-electron chi connectivity index (χ2n) is 2.43. The highest BCUT2D eigenvalue weighted by Crippen LogP contribution is 2.08. The van der Waals surface area contributed by atoms with Crippen LogP contribution in [0.1, 0.15) is 10.4 Å². The zero-order chi connectivity index (χ0) is 8.97. The molecule has 0 heterocycles. The van der Waals surface area contributed by atoms with Crippen molar-refractivity contribution >= 4 is 21.7 Å². The largest absolute Gasteiger partial charge is 0.329 e. The van der Waals surface area contributed by atoms with E-state index in [4.69, 9.17) is 5.73 Å². The fraction of sp³-hybridized carbons (Fsp3) is 0.222. The molecular formula is C9H10BrNO. The van der Waals surface area contributed by atoms with E-state index in [0.29, 0.717) is 12.1 Å². The minimum atomic E-state index is -0.264. The van der Waals surface area contributed by atoms with E-state index in [0.717, 1.165) is 0 Å². The molecule has 0 aliphatic carbocycles. The number of nitrogens with two attached hydrogens (primary N) is 1. The van der Waals surface area contributed by atoms with Crippen LogP contribution in [-0.2, 0) is 0 Å². The Morgan fingerprint density at radius 1 is 1.42 bits per heavy atom. The van der Waals surface area contributed by atoms with Crippen LogP contribution in [0.4, 0.5) is 0 Å². The van der Waals surface area contributed by atoms with Gasteiger partial charge in [-0.3, -0.25) is 4.79 Å². The molecule has 1 aromatic rings. The van der Waals surface area contributed by atoms with Crippen molar-refractivity contribution in [2.75, 3.05) is 6.54 Å². The zero-order valence-corrected chi connectivity index (χ0v) is 8.12. The summed E-state index contributed by atoms with van der Waals surface area (Å²) in [5.74, 6) is 0.0399. The molecule has 0 saturated carbocycles. The maximum absolute atomic E-state index is 11.4. The van der Waals surface area contributed by atoms with Gasteiger partial charge in [-0.15, -0.1) is 0 Å². The van der Waals surface area contributed by atoms with E-state index < -0.39 is 0 Å². The van der Waals surface area contributed by atoms with Gasteiger partial charge in [-0.25, -0.2) is 0 Å². The van der Waals surface area contributed by atoms with Gasteiger partial charge >= 0.3 is 0 Å². The molecule has 0 saturated heterocycles. The van der Waals surface area contributed by atoms with E-state index in [-0.39, 0.29) is 10.6 Å². The van der Waals surface area contributed by atoms with Crippen LogP contribution >= 0.6 is 15.9 Å². The summed E-state index contributed by atoms with van der Waals surface area (Å²) < 4.78 is 0. The molecule has 0 radical (unpaired) electrons. The fourth-order valence-corrected chi connectivity index (χ4v) is 1.15. The third-order valence-electron chi connectivity index (χ3n) is 1.55. The first-order chi connectivity index (χ1) is 5.75. The van der Waals surface area contributed by atoms with Crippen LogP contribution in [0, 0.1) is 0 Å². The lowest BCUT2D eigenvalue weighted by molar-refractivity contribution is 0.0993. The van der Waals surface area contributed by atoms with Gasteiger partial charge in [0.05, 0.1) is 4.83 Å². The van der Waals surface area contributed by atoms with Gasteiger partial charge in [0.15, 0.2) is 5.78 Å². The van der Waals surface area contributed by atoms with E-state index in [1.165, 1.54) is 0 Å². The summed E-state index contributed by atoms with van der Waals surface area (Å²) in [7, 11) is 0. The summed E-state index contributed by atoms with van der Waals surface area (Å²) in [5, 5.41) is 0. The smallest absolute Gasteiger partial charge is 0.177 e. The van der Waals surface area contributed by atoms with Gasteiger partial charge in [-0.2, -0.15) is 0 Å². The highest BCUT2D eigenvalue weighted by molar-refractivity contribution is 9.10. The van der Waals surface area contributed by atoms with Gasteiger partial charge in [0.2, 0.25) is 0 Å². The molecule has 0 aliphatic heterocycles. The van der Waals surface area contributed by atoms with E-state index in [2.05, 4.69) is 15.9 Å². The molecule has 0 fully saturated rings. The van der Waals surface area contributed by atoms with Crippen molar-refractivity contribution in [2.24, 2.45) is 5.73 Å². The highest BCUT2D eigenvalue weighted by Gasteiger charge is 2.13. The Kier molecular flexibility index (Phi) is 3.44. The van der Waals surface area contributed by atoms with Crippen LogP contribution in [-0.4, -0.2) is 17.2 Å². The van der Waals surface area contributed by atoms with E-state index in [1.807, 2.05) is 18.2 Å². The van der Waals surface area contributed by atoms with Crippen molar-refractivity contribution in [1.29, 1.82) is 0 Å². The lowest BCUT2D eigenvalue weighted by Crippen LogP contribution is -2.23. The van der Waals surface area contributed by atoms with E-state index in [1.54, 1.807) is 12.1 Å². The predicted molar refractivity (Wildman–Crippen MR) is 52.5 cm³/mol. The van der Waals surface area contributed by atoms with Crippen molar-refractivity contribution < 1.29 is 4.79 Å². The Morgan fingerprint density at radius 2 is 2.00 bits per heavy atom. The molecule has 1 aromatic carbocycles. The molecular weight excluding hydrogens is 218 g/mol. The Bertz CT molecular complexity index is 260. The van der Waals surface area contributed by atoms with Crippen molar-refractivity contribution in [3.8, 4) is 0 Å². The highest BCUT2D eigenvalue weighted by atomic mass is 79.9. The summed E-state index contributed by atoms with van der Waals surface area (Å²) in [6.45, 7) is 0.327. The minimum absolute atomic E-state index is 0.0399. The fourth-order valence-electron chi connectivity index (χ4n) is 0.890. The van der Waals surface area contributed by atoms with E-state index in [9.17, 15) is 4.79 Å². The van der Waals surface area contributed by atoms with Gasteiger partial charge in [-0.05, 0) is 0 Å². The maximum Gasteiger partial charge on any atom is 0.177 e. The number of rotatable bonds is 3. The lowest BCUT2D eigenvalue weighted by Gasteiger charge is -2.04. The van der Waals surface area contributed by atoms with Crippen LogP contribution in [0.5, 0.6) is 0 Å². The first kappa shape index (κ1) is 9.42. The SMILES string of the molecule is NCC(Br)C(=O)c1ccccc1. The van der Waals surface area contributed by atoms with Crippen LogP contribution in [0.3, 0.4) is 0 Å². The third kappa shape index (κ3) is 2.16. The second kappa shape index (κ2) is 4.38. The number of Topliss-reactive ketones (excluding diaryl/α,β-unsaturated/α-hetero) is 1. The molecule has 2 N–H and O–H groups in total. The second-order valence-corrected chi connectivity index (χ2v) is 3.54. The number of carbonyl (C=O) groups is 1. The van der Waals surface area contributed by atoms with Crippen LogP contribution in [0.2, 0.25) is 0 Å². The summed E-state index contributed by atoms with van der Waals surface area (Å²) in [6, 6.07) is 9.12. The molecule has 12 heavy (non-hydrogen) atoms. The average Bonchev–Trinajstić information content (AvgIpc) is 2.17. The van der Waals surface area contributed by atoms with Gasteiger partial charge in [0.25, 0.3) is 0 Å². The van der Waals surface area contributed by atoms with Crippen LogP contribution in [0.25, 0.3) is 0 Å². The molecule has 0 aliphatic rings. The molecule has 0 amide bonds. The molecule has 0 spiro atoms. The topological polar surface area (TPSA) is 43.1 Å². The quantitative estimate of drug-likeness (QED) is 0.630. The number of hydrogen-bond acceptors (Lipinski definition) is 2. The van der Waals surface area contributed by atoms with E-state index >= 15 is 0 Å². The number of halogens is 1. The monoisotopic (exact) mass is 227 g/mol. The normalized spacial score (nSPS) is 12.5. The minimum Gasteiger partial charge on any atom is -0.329 e. The number of carbonyl (C=O) groups excluding carboxylic acids is 1. The van der Waals surface area contributed by atoms with Crippen molar-refractivity contribution in [3.05, 3.63) is 35.9 Å². The van der Waals surface area contributed by atoms with Gasteiger partial charge in [0.1, 0.15) is 0 Å². The molecule has 1 atom stereocenters. The average molecular weight is 228 g/mol. The predicted octanol–water partition coefficient (Wildman–Crippen LogP) is 1.59.